The van der Waals surface area contributed by atoms with E-state index >= 15 is 0 Å². The van der Waals surface area contributed by atoms with E-state index in [1.807, 2.05) is 23.6 Å². The van der Waals surface area contributed by atoms with Crippen LogP contribution in [0.15, 0.2) is 60.3 Å². The summed E-state index contributed by atoms with van der Waals surface area (Å²) in [5, 5.41) is 12.8. The molecule has 0 bridgehead atoms. The summed E-state index contributed by atoms with van der Waals surface area (Å²) in [4.78, 5) is 12.5. The van der Waals surface area contributed by atoms with Crippen LogP contribution in [0.1, 0.15) is 18.9 Å². The van der Waals surface area contributed by atoms with Crippen LogP contribution in [0.4, 0.5) is 5.69 Å². The molecule has 0 aliphatic carbocycles. The van der Waals surface area contributed by atoms with Crippen molar-refractivity contribution >= 4 is 46.6 Å². The summed E-state index contributed by atoms with van der Waals surface area (Å²) in [6.07, 6.45) is 1.28. The fourth-order valence-electron chi connectivity index (χ4n) is 2.89. The minimum absolute atomic E-state index is 0.144. The molecule has 0 saturated heterocycles. The third-order valence-corrected chi connectivity index (χ3v) is 5.83. The molecule has 1 aromatic heterocycles. The number of nitrogens with one attached hydrogen (secondary N) is 1. The van der Waals surface area contributed by atoms with E-state index in [9.17, 15) is 4.79 Å². The van der Waals surface area contributed by atoms with Gasteiger partial charge in [0.1, 0.15) is 11.5 Å². The lowest BCUT2D eigenvalue weighted by atomic mass is 10.3. The van der Waals surface area contributed by atoms with E-state index in [0.717, 1.165) is 0 Å². The average molecular weight is 493 g/mol. The van der Waals surface area contributed by atoms with Gasteiger partial charge in [0.25, 0.3) is 0 Å². The number of anilines is 1. The molecule has 3 rings (SSSR count). The Morgan fingerprint density at radius 1 is 1.25 bits per heavy atom. The molecule has 0 aliphatic heterocycles. The molecule has 0 spiro atoms. The van der Waals surface area contributed by atoms with Crippen molar-refractivity contribution < 1.29 is 14.3 Å². The number of thioether (sulfide) groups is 1. The number of aromatic nitrogens is 3. The molecule has 1 N–H and O–H groups in total. The molecule has 1 unspecified atom stereocenters. The van der Waals surface area contributed by atoms with E-state index in [1.165, 1.54) is 11.8 Å². The van der Waals surface area contributed by atoms with Crippen LogP contribution in [-0.2, 0) is 11.3 Å². The number of carbonyl (C=O) groups excluding carboxylic acids is 1. The lowest BCUT2D eigenvalue weighted by Crippen LogP contribution is -2.16. The maximum atomic E-state index is 12.5. The highest BCUT2D eigenvalue weighted by Gasteiger charge is 2.21. The second-order valence-corrected chi connectivity index (χ2v) is 8.40. The number of methoxy groups -OCH3 is 1. The molecule has 1 heterocycles. The van der Waals surface area contributed by atoms with E-state index in [1.54, 1.807) is 43.5 Å². The van der Waals surface area contributed by atoms with Gasteiger partial charge >= 0.3 is 0 Å². The number of benzene rings is 2. The van der Waals surface area contributed by atoms with Crippen LogP contribution >= 0.6 is 35.0 Å². The highest BCUT2D eigenvalue weighted by atomic mass is 35.5. The summed E-state index contributed by atoms with van der Waals surface area (Å²) < 4.78 is 13.1. The molecule has 7 nitrogen and oxygen atoms in total. The Hall–Kier alpha value is -2.68. The molecule has 1 amide bonds. The van der Waals surface area contributed by atoms with Gasteiger partial charge in [0.05, 0.1) is 23.6 Å². The summed E-state index contributed by atoms with van der Waals surface area (Å²) in [6, 6.07) is 12.2. The number of rotatable bonds is 10. The largest absolute Gasteiger partial charge is 0.495 e. The lowest BCUT2D eigenvalue weighted by Gasteiger charge is -2.16. The van der Waals surface area contributed by atoms with Gasteiger partial charge in [-0.2, -0.15) is 0 Å². The first-order chi connectivity index (χ1) is 15.4. The highest BCUT2D eigenvalue weighted by Crippen LogP contribution is 2.32. The Labute approximate surface area is 200 Å². The number of carbonyl (C=O) groups is 1. The molecular formula is C22H22Cl2N4O3S. The number of allylic oxidation sites excluding steroid dienone is 1. The van der Waals surface area contributed by atoms with Crippen LogP contribution in [0.25, 0.3) is 0 Å². The average Bonchev–Trinajstić information content (AvgIpc) is 3.17. The highest BCUT2D eigenvalue weighted by molar-refractivity contribution is 7.99. The Bertz CT molecular complexity index is 1110. The summed E-state index contributed by atoms with van der Waals surface area (Å²) in [6.45, 7) is 6.10. The summed E-state index contributed by atoms with van der Waals surface area (Å²) in [5.74, 6) is 1.62. The second-order valence-electron chi connectivity index (χ2n) is 6.61. The topological polar surface area (TPSA) is 78.3 Å². The van der Waals surface area contributed by atoms with Crippen molar-refractivity contribution in [2.45, 2.75) is 24.7 Å². The van der Waals surface area contributed by atoms with Crippen LogP contribution in [0.5, 0.6) is 11.5 Å². The predicted molar refractivity (Wildman–Crippen MR) is 128 cm³/mol. The van der Waals surface area contributed by atoms with Crippen molar-refractivity contribution in [3.05, 3.63) is 71.0 Å². The van der Waals surface area contributed by atoms with Crippen LogP contribution in [0.2, 0.25) is 10.0 Å². The zero-order chi connectivity index (χ0) is 23.1. The first-order valence-electron chi connectivity index (χ1n) is 9.64. The van der Waals surface area contributed by atoms with Crippen molar-refractivity contribution in [1.82, 2.24) is 14.8 Å². The standard InChI is InChI=1S/C22H22Cl2N4O3S/c1-4-11-28-21(14(2)31-18-10-9-15(23)12-16(18)24)26-27-22(28)32-13-20(29)25-17-7-5-6-8-19(17)30-3/h4-10,12,14H,1,11,13H2,2-3H3,(H,25,29). The van der Waals surface area contributed by atoms with Gasteiger partial charge in [-0.3, -0.25) is 9.36 Å². The minimum Gasteiger partial charge on any atom is -0.495 e. The molecule has 0 radical (unpaired) electrons. The molecule has 32 heavy (non-hydrogen) atoms. The van der Waals surface area contributed by atoms with E-state index in [0.29, 0.717) is 44.8 Å². The van der Waals surface area contributed by atoms with Gasteiger partial charge < -0.3 is 14.8 Å². The van der Waals surface area contributed by atoms with Gasteiger partial charge in [0, 0.05) is 11.6 Å². The Kier molecular flexibility index (Phi) is 8.44. The van der Waals surface area contributed by atoms with Crippen molar-refractivity contribution in [3.8, 4) is 11.5 Å². The SMILES string of the molecule is C=CCn1c(SCC(=O)Nc2ccccc2OC)nnc1C(C)Oc1ccc(Cl)cc1Cl. The minimum atomic E-state index is -0.446. The van der Waals surface area contributed by atoms with Crippen LogP contribution in [0, 0.1) is 0 Å². The van der Waals surface area contributed by atoms with E-state index in [-0.39, 0.29) is 11.7 Å². The normalized spacial score (nSPS) is 11.6. The second kappa shape index (κ2) is 11.3. The van der Waals surface area contributed by atoms with Gasteiger partial charge in [0.15, 0.2) is 17.1 Å². The van der Waals surface area contributed by atoms with Crippen molar-refractivity contribution in [3.63, 3.8) is 0 Å². The van der Waals surface area contributed by atoms with Crippen LogP contribution in [0.3, 0.4) is 0 Å². The molecule has 3 aromatic rings. The maximum absolute atomic E-state index is 12.5. The number of halogens is 2. The number of nitrogens with zero attached hydrogens (tertiary/aromatic N) is 3. The molecule has 0 fully saturated rings. The summed E-state index contributed by atoms with van der Waals surface area (Å²) >= 11 is 13.4. The first kappa shape index (κ1) is 24.0. The predicted octanol–water partition coefficient (Wildman–Crippen LogP) is 5.65. The van der Waals surface area contributed by atoms with Crippen LogP contribution < -0.4 is 14.8 Å². The molecule has 1 atom stereocenters. The first-order valence-corrected chi connectivity index (χ1v) is 11.4. The number of amides is 1. The molecule has 10 heteroatoms. The molecular weight excluding hydrogens is 471 g/mol. The van der Waals surface area contributed by atoms with Gasteiger partial charge in [-0.25, -0.2) is 0 Å². The van der Waals surface area contributed by atoms with Gasteiger partial charge in [-0.05, 0) is 37.3 Å². The number of ether oxygens (including phenoxy) is 2. The van der Waals surface area contributed by atoms with Crippen molar-refractivity contribution in [2.75, 3.05) is 18.2 Å². The number of para-hydroxylation sites is 2. The molecule has 0 saturated carbocycles. The third-order valence-electron chi connectivity index (χ3n) is 4.33. The van der Waals surface area contributed by atoms with Gasteiger partial charge in [-0.15, -0.1) is 16.8 Å². The van der Waals surface area contributed by atoms with Crippen molar-refractivity contribution in [1.29, 1.82) is 0 Å². The Morgan fingerprint density at radius 2 is 2.03 bits per heavy atom. The fraction of sp³-hybridized carbons (Fsp3) is 0.227. The fourth-order valence-corrected chi connectivity index (χ4v) is 4.09. The zero-order valence-electron chi connectivity index (χ0n) is 17.5. The lowest BCUT2D eigenvalue weighted by molar-refractivity contribution is -0.113. The van der Waals surface area contributed by atoms with Gasteiger partial charge in [0.2, 0.25) is 5.91 Å². The van der Waals surface area contributed by atoms with Gasteiger partial charge in [-0.1, -0.05) is 53.2 Å². The quantitative estimate of drug-likeness (QED) is 0.291. The maximum Gasteiger partial charge on any atom is 0.234 e. The zero-order valence-corrected chi connectivity index (χ0v) is 19.9. The Morgan fingerprint density at radius 3 is 2.75 bits per heavy atom. The number of hydrogen-bond acceptors (Lipinski definition) is 6. The van der Waals surface area contributed by atoms with Crippen LogP contribution in [-0.4, -0.2) is 33.5 Å². The molecule has 0 aliphatic rings. The smallest absolute Gasteiger partial charge is 0.234 e. The molecule has 2 aromatic carbocycles. The van der Waals surface area contributed by atoms with E-state index < -0.39 is 6.10 Å². The van der Waals surface area contributed by atoms with E-state index in [4.69, 9.17) is 32.7 Å². The number of hydrogen-bond donors (Lipinski definition) is 1. The Balaban J connectivity index is 1.69. The van der Waals surface area contributed by atoms with Crippen molar-refractivity contribution in [2.24, 2.45) is 0 Å². The summed E-state index contributed by atoms with van der Waals surface area (Å²) in [5.41, 5.74) is 0.607. The monoisotopic (exact) mass is 492 g/mol. The summed E-state index contributed by atoms with van der Waals surface area (Å²) in [7, 11) is 1.56. The van der Waals surface area contributed by atoms with E-state index in [2.05, 4.69) is 22.1 Å². The third kappa shape index (κ3) is 5.97. The molecule has 168 valence electrons.